The average Bonchev–Trinajstić information content (AvgIpc) is 2.39. The molecule has 0 saturated carbocycles. The van der Waals surface area contributed by atoms with Crippen LogP contribution in [0.4, 0.5) is 18.9 Å². The minimum absolute atomic E-state index is 0.0000288. The van der Waals surface area contributed by atoms with Gasteiger partial charge in [-0.2, -0.15) is 13.2 Å². The Morgan fingerprint density at radius 2 is 1.95 bits per heavy atom. The van der Waals surface area contributed by atoms with Gasteiger partial charge in [0, 0.05) is 11.4 Å². The number of rotatable bonds is 2. The number of pyridine rings is 1. The molecule has 1 N–H and O–H groups in total. The van der Waals surface area contributed by atoms with Gasteiger partial charge in [0.15, 0.2) is 0 Å². The van der Waals surface area contributed by atoms with Crippen LogP contribution in [0.15, 0.2) is 36.4 Å². The highest BCUT2D eigenvalue weighted by molar-refractivity contribution is 6.31. The van der Waals surface area contributed by atoms with Gasteiger partial charge in [-0.25, -0.2) is 4.98 Å². The highest BCUT2D eigenvalue weighted by Gasteiger charge is 2.33. The van der Waals surface area contributed by atoms with E-state index in [9.17, 15) is 18.0 Å². The number of carbonyl (C=O) groups excluding carboxylic acids is 1. The first-order chi connectivity index (χ1) is 9.77. The van der Waals surface area contributed by atoms with Crippen molar-refractivity contribution in [1.29, 1.82) is 0 Å². The van der Waals surface area contributed by atoms with E-state index in [4.69, 9.17) is 11.6 Å². The van der Waals surface area contributed by atoms with Crippen LogP contribution >= 0.6 is 11.6 Å². The summed E-state index contributed by atoms with van der Waals surface area (Å²) in [5, 5.41) is 1.94. The summed E-state index contributed by atoms with van der Waals surface area (Å²) < 4.78 is 38.2. The summed E-state index contributed by atoms with van der Waals surface area (Å²) in [6.07, 6.45) is -4.58. The number of amides is 1. The van der Waals surface area contributed by atoms with E-state index in [1.54, 1.807) is 19.1 Å². The SMILES string of the molecule is Cc1cccc(C(=O)Nc2ccc(Cl)c(C(F)(F)F)c2)n1. The third kappa shape index (κ3) is 3.72. The lowest BCUT2D eigenvalue weighted by Crippen LogP contribution is -2.15. The van der Waals surface area contributed by atoms with Crippen LogP contribution in [-0.2, 0) is 6.18 Å². The van der Waals surface area contributed by atoms with Crippen molar-refractivity contribution in [2.45, 2.75) is 13.1 Å². The number of alkyl halides is 3. The number of anilines is 1. The Morgan fingerprint density at radius 3 is 2.57 bits per heavy atom. The smallest absolute Gasteiger partial charge is 0.321 e. The van der Waals surface area contributed by atoms with E-state index in [1.165, 1.54) is 12.1 Å². The maximum atomic E-state index is 12.7. The van der Waals surface area contributed by atoms with Gasteiger partial charge in [0.1, 0.15) is 5.69 Å². The molecule has 2 aromatic rings. The Bertz CT molecular complexity index is 686. The molecule has 1 aromatic heterocycles. The third-order valence-electron chi connectivity index (χ3n) is 2.65. The second-order valence-electron chi connectivity index (χ2n) is 4.31. The first-order valence-corrected chi connectivity index (χ1v) is 6.27. The summed E-state index contributed by atoms with van der Waals surface area (Å²) in [5.41, 5.74) is -0.243. The molecule has 7 heteroatoms. The fourth-order valence-corrected chi connectivity index (χ4v) is 1.91. The van der Waals surface area contributed by atoms with Gasteiger partial charge in [0.2, 0.25) is 0 Å². The van der Waals surface area contributed by atoms with Crippen LogP contribution in [0.1, 0.15) is 21.7 Å². The topological polar surface area (TPSA) is 42.0 Å². The summed E-state index contributed by atoms with van der Waals surface area (Å²) in [4.78, 5) is 15.9. The molecule has 1 heterocycles. The molecule has 110 valence electrons. The van der Waals surface area contributed by atoms with Crippen LogP contribution < -0.4 is 5.32 Å². The summed E-state index contributed by atoms with van der Waals surface area (Å²) >= 11 is 5.51. The van der Waals surface area contributed by atoms with Gasteiger partial charge in [-0.15, -0.1) is 0 Å². The Morgan fingerprint density at radius 1 is 1.24 bits per heavy atom. The lowest BCUT2D eigenvalue weighted by molar-refractivity contribution is -0.137. The number of aryl methyl sites for hydroxylation is 1. The molecule has 0 aliphatic carbocycles. The third-order valence-corrected chi connectivity index (χ3v) is 2.98. The van der Waals surface area contributed by atoms with Crippen molar-refractivity contribution in [3.05, 3.63) is 58.4 Å². The zero-order valence-corrected chi connectivity index (χ0v) is 11.6. The number of aromatic nitrogens is 1. The summed E-state index contributed by atoms with van der Waals surface area (Å²) in [6.45, 7) is 1.71. The molecule has 21 heavy (non-hydrogen) atoms. The first-order valence-electron chi connectivity index (χ1n) is 5.89. The van der Waals surface area contributed by atoms with Gasteiger partial charge < -0.3 is 5.32 Å². The predicted molar refractivity (Wildman–Crippen MR) is 73.4 cm³/mol. The molecule has 0 unspecified atom stereocenters. The second-order valence-corrected chi connectivity index (χ2v) is 4.72. The summed E-state index contributed by atoms with van der Waals surface area (Å²) in [6, 6.07) is 8.00. The molecule has 1 aromatic carbocycles. The van der Waals surface area contributed by atoms with Gasteiger partial charge >= 0.3 is 6.18 Å². The Balaban J connectivity index is 2.26. The molecule has 0 bridgehead atoms. The number of benzene rings is 1. The molecule has 0 aliphatic heterocycles. The monoisotopic (exact) mass is 314 g/mol. The zero-order valence-electron chi connectivity index (χ0n) is 10.8. The number of nitrogens with zero attached hydrogens (tertiary/aromatic N) is 1. The Labute approximate surface area is 123 Å². The van der Waals surface area contributed by atoms with Gasteiger partial charge in [-0.3, -0.25) is 4.79 Å². The van der Waals surface area contributed by atoms with E-state index in [2.05, 4.69) is 10.3 Å². The summed E-state index contributed by atoms with van der Waals surface area (Å²) in [7, 11) is 0. The Kier molecular flexibility index (Phi) is 4.18. The van der Waals surface area contributed by atoms with Crippen LogP contribution in [0.3, 0.4) is 0 Å². The van der Waals surface area contributed by atoms with Crippen LogP contribution in [0.2, 0.25) is 5.02 Å². The van der Waals surface area contributed by atoms with E-state index in [0.29, 0.717) is 5.69 Å². The molecule has 2 rings (SSSR count). The average molecular weight is 315 g/mol. The highest BCUT2D eigenvalue weighted by Crippen LogP contribution is 2.36. The second kappa shape index (κ2) is 5.73. The lowest BCUT2D eigenvalue weighted by Gasteiger charge is -2.11. The van der Waals surface area contributed by atoms with Crippen molar-refractivity contribution >= 4 is 23.2 Å². The van der Waals surface area contributed by atoms with Gasteiger partial charge in [-0.1, -0.05) is 17.7 Å². The normalized spacial score (nSPS) is 11.3. The van der Waals surface area contributed by atoms with Gasteiger partial charge in [0.25, 0.3) is 5.91 Å². The van der Waals surface area contributed by atoms with Crippen LogP contribution in [0.25, 0.3) is 0 Å². The number of halogens is 4. The number of carbonyl (C=O) groups is 1. The molecule has 0 radical (unpaired) electrons. The lowest BCUT2D eigenvalue weighted by atomic mass is 10.2. The highest BCUT2D eigenvalue weighted by atomic mass is 35.5. The number of hydrogen-bond acceptors (Lipinski definition) is 2. The Hall–Kier alpha value is -2.08. The van der Waals surface area contributed by atoms with Crippen molar-refractivity contribution in [3.8, 4) is 0 Å². The van der Waals surface area contributed by atoms with E-state index < -0.39 is 22.7 Å². The number of hydrogen-bond donors (Lipinski definition) is 1. The minimum atomic E-state index is -4.58. The molecule has 0 aliphatic rings. The molecular weight excluding hydrogens is 305 g/mol. The quantitative estimate of drug-likeness (QED) is 0.897. The van der Waals surface area contributed by atoms with Crippen molar-refractivity contribution in [2.24, 2.45) is 0 Å². The van der Waals surface area contributed by atoms with Crippen LogP contribution in [-0.4, -0.2) is 10.9 Å². The molecule has 3 nitrogen and oxygen atoms in total. The predicted octanol–water partition coefficient (Wildman–Crippen LogP) is 4.31. The van der Waals surface area contributed by atoms with Crippen molar-refractivity contribution in [3.63, 3.8) is 0 Å². The maximum absolute atomic E-state index is 12.7. The number of nitrogens with one attached hydrogen (secondary N) is 1. The largest absolute Gasteiger partial charge is 0.417 e. The van der Waals surface area contributed by atoms with Crippen LogP contribution in [0, 0.1) is 6.92 Å². The fourth-order valence-electron chi connectivity index (χ4n) is 1.68. The molecule has 0 atom stereocenters. The molecule has 0 saturated heterocycles. The molecule has 0 fully saturated rings. The molecule has 0 spiro atoms. The van der Waals surface area contributed by atoms with Crippen molar-refractivity contribution in [1.82, 2.24) is 4.98 Å². The summed E-state index contributed by atoms with van der Waals surface area (Å²) in [5.74, 6) is -0.589. The van der Waals surface area contributed by atoms with Gasteiger partial charge in [0.05, 0.1) is 10.6 Å². The zero-order chi connectivity index (χ0) is 15.6. The standard InChI is InChI=1S/C14H10ClF3N2O/c1-8-3-2-4-12(19-8)13(21)20-9-5-6-11(15)10(7-9)14(16,17)18/h2-7H,1H3,(H,20,21). The maximum Gasteiger partial charge on any atom is 0.417 e. The van der Waals surface area contributed by atoms with E-state index in [0.717, 1.165) is 12.1 Å². The van der Waals surface area contributed by atoms with Gasteiger partial charge in [-0.05, 0) is 37.3 Å². The first kappa shape index (κ1) is 15.3. The van der Waals surface area contributed by atoms with E-state index in [1.807, 2.05) is 0 Å². The van der Waals surface area contributed by atoms with E-state index in [-0.39, 0.29) is 11.4 Å². The fraction of sp³-hybridized carbons (Fsp3) is 0.143. The molecular formula is C14H10ClF3N2O. The van der Waals surface area contributed by atoms with Crippen molar-refractivity contribution in [2.75, 3.05) is 5.32 Å². The van der Waals surface area contributed by atoms with Crippen molar-refractivity contribution < 1.29 is 18.0 Å². The molecule has 1 amide bonds. The minimum Gasteiger partial charge on any atom is -0.321 e. The van der Waals surface area contributed by atoms with E-state index >= 15 is 0 Å². The van der Waals surface area contributed by atoms with Crippen LogP contribution in [0.5, 0.6) is 0 Å².